The molecular weight excluding hydrogens is 260 g/mol. The van der Waals surface area contributed by atoms with Crippen LogP contribution in [0.15, 0.2) is 24.3 Å². The Bertz CT molecular complexity index is 336. The predicted octanol–water partition coefficient (Wildman–Crippen LogP) is 2.68. The Morgan fingerprint density at radius 3 is 2.80 bits per heavy atom. The molecule has 1 rings (SSSR count). The lowest BCUT2D eigenvalue weighted by molar-refractivity contribution is 0.0688. The Morgan fingerprint density at radius 1 is 1.53 bits per heavy atom. The molecular formula is C11H13BrO3. The maximum absolute atomic E-state index is 10.9. The minimum absolute atomic E-state index is 0.273. The van der Waals surface area contributed by atoms with Crippen molar-refractivity contribution in [3.63, 3.8) is 0 Å². The third kappa shape index (κ3) is 4.01. The maximum Gasteiger partial charge on any atom is 0.336 e. The van der Waals surface area contributed by atoms with Gasteiger partial charge in [-0.05, 0) is 11.6 Å². The summed E-state index contributed by atoms with van der Waals surface area (Å²) in [5.41, 5.74) is 1.01. The molecule has 0 aliphatic rings. The standard InChI is InChI=1S/C11H13BrO3/c1-8(12)6-15-7-9-4-2-3-5-10(9)11(13)14/h2-5,8H,6-7H2,1H3,(H,13,14). The van der Waals surface area contributed by atoms with E-state index in [0.29, 0.717) is 24.3 Å². The average molecular weight is 273 g/mol. The molecule has 3 nitrogen and oxygen atoms in total. The lowest BCUT2D eigenvalue weighted by atomic mass is 10.1. The molecule has 0 saturated carbocycles. The molecule has 0 spiro atoms. The molecule has 0 bridgehead atoms. The number of carbonyl (C=O) groups is 1. The van der Waals surface area contributed by atoms with Crippen LogP contribution in [0.25, 0.3) is 0 Å². The fraction of sp³-hybridized carbons (Fsp3) is 0.364. The van der Waals surface area contributed by atoms with Crippen molar-refractivity contribution >= 4 is 21.9 Å². The Morgan fingerprint density at radius 2 is 2.20 bits per heavy atom. The number of alkyl halides is 1. The van der Waals surface area contributed by atoms with Crippen LogP contribution in [0.3, 0.4) is 0 Å². The monoisotopic (exact) mass is 272 g/mol. The van der Waals surface area contributed by atoms with Gasteiger partial charge in [0, 0.05) is 4.83 Å². The fourth-order valence-corrected chi connectivity index (χ4v) is 1.37. The van der Waals surface area contributed by atoms with Gasteiger partial charge in [-0.2, -0.15) is 0 Å². The van der Waals surface area contributed by atoms with Crippen molar-refractivity contribution in [2.75, 3.05) is 6.61 Å². The van der Waals surface area contributed by atoms with Crippen molar-refractivity contribution in [1.82, 2.24) is 0 Å². The second kappa shape index (κ2) is 5.88. The number of carboxylic acids is 1. The van der Waals surface area contributed by atoms with Crippen molar-refractivity contribution in [1.29, 1.82) is 0 Å². The zero-order valence-electron chi connectivity index (χ0n) is 8.44. The minimum atomic E-state index is -0.916. The molecule has 0 fully saturated rings. The van der Waals surface area contributed by atoms with Gasteiger partial charge >= 0.3 is 5.97 Å². The van der Waals surface area contributed by atoms with Gasteiger partial charge in [0.05, 0.1) is 18.8 Å². The summed E-state index contributed by atoms with van der Waals surface area (Å²) in [6, 6.07) is 6.86. The molecule has 0 amide bonds. The third-order valence-electron chi connectivity index (χ3n) is 1.85. The first-order valence-corrected chi connectivity index (χ1v) is 5.56. The van der Waals surface area contributed by atoms with E-state index in [0.717, 1.165) is 0 Å². The van der Waals surface area contributed by atoms with Gasteiger partial charge in [0.25, 0.3) is 0 Å². The summed E-state index contributed by atoms with van der Waals surface area (Å²) >= 11 is 3.35. The Hall–Kier alpha value is -0.870. The number of hydrogen-bond donors (Lipinski definition) is 1. The number of rotatable bonds is 5. The van der Waals surface area contributed by atoms with Gasteiger partial charge in [-0.1, -0.05) is 41.1 Å². The lowest BCUT2D eigenvalue weighted by Crippen LogP contribution is -2.07. The number of halogens is 1. The van der Waals surface area contributed by atoms with E-state index in [4.69, 9.17) is 9.84 Å². The van der Waals surface area contributed by atoms with Crippen molar-refractivity contribution in [2.24, 2.45) is 0 Å². The SMILES string of the molecule is CC(Br)COCc1ccccc1C(=O)O. The first kappa shape index (κ1) is 12.2. The summed E-state index contributed by atoms with van der Waals surface area (Å²) < 4.78 is 5.36. The van der Waals surface area contributed by atoms with Crippen LogP contribution in [0.2, 0.25) is 0 Å². The van der Waals surface area contributed by atoms with E-state index < -0.39 is 5.97 Å². The van der Waals surface area contributed by atoms with Gasteiger partial charge in [-0.3, -0.25) is 0 Å². The molecule has 1 aromatic carbocycles. The van der Waals surface area contributed by atoms with Crippen LogP contribution in [0, 0.1) is 0 Å². The smallest absolute Gasteiger partial charge is 0.336 e. The van der Waals surface area contributed by atoms with Crippen LogP contribution in [-0.2, 0) is 11.3 Å². The summed E-state index contributed by atoms with van der Waals surface area (Å²) in [6.45, 7) is 2.87. The highest BCUT2D eigenvalue weighted by Gasteiger charge is 2.08. The van der Waals surface area contributed by atoms with Crippen LogP contribution >= 0.6 is 15.9 Å². The Labute approximate surface area is 97.2 Å². The quantitative estimate of drug-likeness (QED) is 0.839. The van der Waals surface area contributed by atoms with E-state index in [9.17, 15) is 4.79 Å². The maximum atomic E-state index is 10.9. The molecule has 0 aromatic heterocycles. The van der Waals surface area contributed by atoms with Crippen molar-refractivity contribution in [3.8, 4) is 0 Å². The summed E-state index contributed by atoms with van der Waals surface area (Å²) in [5, 5.41) is 8.91. The molecule has 0 aliphatic carbocycles. The molecule has 4 heteroatoms. The van der Waals surface area contributed by atoms with Crippen LogP contribution in [-0.4, -0.2) is 22.5 Å². The van der Waals surface area contributed by atoms with Gasteiger partial charge in [0.1, 0.15) is 0 Å². The van der Waals surface area contributed by atoms with E-state index in [1.54, 1.807) is 18.2 Å². The normalized spacial score (nSPS) is 12.4. The molecule has 0 saturated heterocycles. The van der Waals surface area contributed by atoms with E-state index in [-0.39, 0.29) is 4.83 Å². The molecule has 1 unspecified atom stereocenters. The van der Waals surface area contributed by atoms with E-state index >= 15 is 0 Å². The fourth-order valence-electron chi connectivity index (χ4n) is 1.19. The Balaban J connectivity index is 2.63. The van der Waals surface area contributed by atoms with E-state index in [2.05, 4.69) is 15.9 Å². The zero-order valence-corrected chi connectivity index (χ0v) is 10.0. The molecule has 1 N–H and O–H groups in total. The van der Waals surface area contributed by atoms with Crippen LogP contribution < -0.4 is 0 Å². The van der Waals surface area contributed by atoms with Gasteiger partial charge in [-0.15, -0.1) is 0 Å². The summed E-state index contributed by atoms with van der Waals surface area (Å²) in [6.07, 6.45) is 0. The number of carboxylic acid groups (broad SMARTS) is 1. The number of benzene rings is 1. The third-order valence-corrected chi connectivity index (χ3v) is 2.12. The number of ether oxygens (including phenoxy) is 1. The molecule has 1 atom stereocenters. The molecule has 0 heterocycles. The molecule has 1 aromatic rings. The van der Waals surface area contributed by atoms with Crippen LogP contribution in [0.4, 0.5) is 0 Å². The highest BCUT2D eigenvalue weighted by atomic mass is 79.9. The topological polar surface area (TPSA) is 46.5 Å². The molecule has 0 aliphatic heterocycles. The van der Waals surface area contributed by atoms with Gasteiger partial charge in [0.15, 0.2) is 0 Å². The van der Waals surface area contributed by atoms with Crippen LogP contribution in [0.5, 0.6) is 0 Å². The largest absolute Gasteiger partial charge is 0.478 e. The average Bonchev–Trinajstić information content (AvgIpc) is 2.17. The van der Waals surface area contributed by atoms with Crippen molar-refractivity contribution < 1.29 is 14.6 Å². The first-order chi connectivity index (χ1) is 7.11. The second-order valence-electron chi connectivity index (χ2n) is 3.26. The van der Waals surface area contributed by atoms with Crippen LogP contribution in [0.1, 0.15) is 22.8 Å². The summed E-state index contributed by atoms with van der Waals surface area (Å²) in [5.74, 6) is -0.916. The Kier molecular flexibility index (Phi) is 4.78. The number of hydrogen-bond acceptors (Lipinski definition) is 2. The lowest BCUT2D eigenvalue weighted by Gasteiger charge is -2.08. The molecule has 0 radical (unpaired) electrons. The summed E-state index contributed by atoms with van der Waals surface area (Å²) in [7, 11) is 0. The van der Waals surface area contributed by atoms with Gasteiger partial charge < -0.3 is 9.84 Å². The highest BCUT2D eigenvalue weighted by molar-refractivity contribution is 9.09. The highest BCUT2D eigenvalue weighted by Crippen LogP contribution is 2.10. The predicted molar refractivity (Wildman–Crippen MR) is 61.4 cm³/mol. The van der Waals surface area contributed by atoms with Crippen molar-refractivity contribution in [3.05, 3.63) is 35.4 Å². The van der Waals surface area contributed by atoms with E-state index in [1.165, 1.54) is 0 Å². The minimum Gasteiger partial charge on any atom is -0.478 e. The van der Waals surface area contributed by atoms with E-state index in [1.807, 2.05) is 13.0 Å². The van der Waals surface area contributed by atoms with Crippen molar-refractivity contribution in [2.45, 2.75) is 18.4 Å². The molecule has 82 valence electrons. The first-order valence-electron chi connectivity index (χ1n) is 4.64. The van der Waals surface area contributed by atoms with Gasteiger partial charge in [0.2, 0.25) is 0 Å². The second-order valence-corrected chi connectivity index (χ2v) is 4.82. The number of aromatic carboxylic acids is 1. The van der Waals surface area contributed by atoms with Gasteiger partial charge in [-0.25, -0.2) is 4.79 Å². The summed E-state index contributed by atoms with van der Waals surface area (Å²) in [4.78, 5) is 11.1. The zero-order chi connectivity index (χ0) is 11.3. The molecule has 15 heavy (non-hydrogen) atoms.